The number of anilines is 2. The summed E-state index contributed by atoms with van der Waals surface area (Å²) in [6.07, 6.45) is 0.695. The van der Waals surface area contributed by atoms with Crippen LogP contribution in [0.15, 0.2) is 77.6 Å². The molecule has 56 heavy (non-hydrogen) atoms. The molecule has 1 fully saturated rings. The minimum atomic E-state index is -5.08. The number of hydrogen-bond acceptors (Lipinski definition) is 10. The maximum Gasteiger partial charge on any atom is 0.490 e. The van der Waals surface area contributed by atoms with Crippen molar-refractivity contribution in [1.29, 1.82) is 0 Å². The molecule has 6 rings (SSSR count). The van der Waals surface area contributed by atoms with Gasteiger partial charge in [0.1, 0.15) is 11.5 Å². The number of aromatic nitrogens is 1. The molecule has 0 saturated heterocycles. The fourth-order valence-corrected chi connectivity index (χ4v) is 6.18. The maximum atomic E-state index is 13.5. The number of alkyl halides is 3. The number of nitrogens with zero attached hydrogens (tertiary/aromatic N) is 2. The molecule has 0 bridgehead atoms. The zero-order chi connectivity index (χ0) is 40.1. The third-order valence-corrected chi connectivity index (χ3v) is 9.30. The van der Waals surface area contributed by atoms with Crippen molar-refractivity contribution in [3.63, 3.8) is 0 Å². The maximum absolute atomic E-state index is 13.5. The van der Waals surface area contributed by atoms with Crippen molar-refractivity contribution in [2.45, 2.75) is 63.3 Å². The Hall–Kier alpha value is -5.52. The molecule has 3 aromatic carbocycles. The highest BCUT2D eigenvalue weighted by Crippen LogP contribution is 2.33. The van der Waals surface area contributed by atoms with Gasteiger partial charge in [0.15, 0.2) is 6.61 Å². The van der Waals surface area contributed by atoms with Crippen LogP contribution in [0.25, 0.3) is 0 Å². The minimum Gasteiger partial charge on any atom is -0.494 e. The predicted molar refractivity (Wildman–Crippen MR) is 204 cm³/mol. The molecule has 1 aromatic heterocycles. The second-order valence-electron chi connectivity index (χ2n) is 13.2. The second kappa shape index (κ2) is 19.9. The van der Waals surface area contributed by atoms with Gasteiger partial charge >= 0.3 is 12.1 Å². The van der Waals surface area contributed by atoms with Crippen LogP contribution in [0.2, 0.25) is 0 Å². The van der Waals surface area contributed by atoms with E-state index in [4.69, 9.17) is 25.1 Å². The van der Waals surface area contributed by atoms with E-state index in [1.165, 1.54) is 0 Å². The quantitative estimate of drug-likeness (QED) is 0.0810. The van der Waals surface area contributed by atoms with E-state index in [1.807, 2.05) is 52.2 Å². The molecule has 13 nitrogen and oxygen atoms in total. The van der Waals surface area contributed by atoms with Gasteiger partial charge in [-0.2, -0.15) is 13.2 Å². The Labute approximate surface area is 325 Å². The number of carboxylic acids is 1. The molecule has 1 aliphatic carbocycles. The molecule has 1 aliphatic heterocycles. The number of rotatable bonds is 17. The lowest BCUT2D eigenvalue weighted by molar-refractivity contribution is -0.192. The number of amides is 3. The van der Waals surface area contributed by atoms with E-state index >= 15 is 0 Å². The third-order valence-electron chi connectivity index (χ3n) is 8.66. The Bertz CT molecular complexity index is 1920. The smallest absolute Gasteiger partial charge is 0.490 e. The number of unbranched alkanes of at least 4 members (excludes halogenated alkanes) is 2. The average molecular weight is 797 g/mol. The van der Waals surface area contributed by atoms with Gasteiger partial charge in [0, 0.05) is 53.8 Å². The summed E-state index contributed by atoms with van der Waals surface area (Å²) < 4.78 is 43.1. The van der Waals surface area contributed by atoms with Crippen LogP contribution < -0.4 is 31.2 Å². The van der Waals surface area contributed by atoms with Crippen LogP contribution in [0.4, 0.5) is 24.5 Å². The summed E-state index contributed by atoms with van der Waals surface area (Å²) in [6.45, 7) is 2.70. The first-order chi connectivity index (χ1) is 26.9. The van der Waals surface area contributed by atoms with Crippen molar-refractivity contribution in [3.8, 4) is 11.5 Å². The Balaban J connectivity index is 0.000000784. The molecule has 1 saturated carbocycles. The van der Waals surface area contributed by atoms with E-state index < -0.39 is 12.1 Å². The van der Waals surface area contributed by atoms with Crippen molar-refractivity contribution in [2.24, 2.45) is 5.73 Å². The van der Waals surface area contributed by atoms with E-state index in [-0.39, 0.29) is 36.4 Å². The predicted octanol–water partition coefficient (Wildman–Crippen LogP) is 5.87. The van der Waals surface area contributed by atoms with E-state index in [0.717, 1.165) is 68.6 Å². The Morgan fingerprint density at radius 3 is 2.41 bits per heavy atom. The normalized spacial score (nSPS) is 13.9. The van der Waals surface area contributed by atoms with E-state index in [1.54, 1.807) is 41.7 Å². The van der Waals surface area contributed by atoms with Gasteiger partial charge in [-0.05, 0) is 98.8 Å². The van der Waals surface area contributed by atoms with Gasteiger partial charge in [-0.3, -0.25) is 14.4 Å². The monoisotopic (exact) mass is 796 g/mol. The van der Waals surface area contributed by atoms with Gasteiger partial charge in [0.2, 0.25) is 0 Å². The highest BCUT2D eigenvalue weighted by atomic mass is 32.1. The number of benzene rings is 3. The number of fused-ring (bicyclic) bond motifs is 1. The SMILES string of the molecule is N[C@H](CNCCCCCOc1ccc(NC(=O)c2ccc(CN(C(=O)c3ccc4c(c3)OCC(=O)N4)C3CC3)cc2)cc1)Cc1cscn1.O=C(O)C(F)(F)F. The number of carbonyl (C=O) groups is 4. The number of nitrogens with one attached hydrogen (secondary N) is 3. The number of aliphatic carboxylic acids is 1. The first-order valence-electron chi connectivity index (χ1n) is 18.0. The second-order valence-corrected chi connectivity index (χ2v) is 14.0. The molecule has 17 heteroatoms. The fraction of sp³-hybridized carbons (Fsp3) is 0.359. The van der Waals surface area contributed by atoms with Crippen LogP contribution in [0, 0.1) is 0 Å². The molecule has 6 N–H and O–H groups in total. The lowest BCUT2D eigenvalue weighted by Gasteiger charge is -2.24. The molecular weight excluding hydrogens is 754 g/mol. The van der Waals surface area contributed by atoms with Crippen molar-refractivity contribution < 1.29 is 46.9 Å². The first-order valence-corrected chi connectivity index (χ1v) is 18.9. The largest absolute Gasteiger partial charge is 0.494 e. The van der Waals surface area contributed by atoms with Gasteiger partial charge < -0.3 is 41.2 Å². The number of nitrogens with two attached hydrogens (primary N) is 1. The number of carboxylic acid groups (broad SMARTS) is 1. The summed E-state index contributed by atoms with van der Waals surface area (Å²) in [7, 11) is 0. The standard InChI is InChI=1S/C37H42N6O5S.C2HF3O2/c38-28(19-30-23-49-24-40-30)20-39-16-2-1-3-17-47-32-13-9-29(10-14-32)41-36(45)26-6-4-25(5-7-26)21-43(31-11-12-31)37(46)27-8-15-33-34(18-27)48-22-35(44)42-33;3-2(4,5)1(6)7/h4-10,13-15,18,23-24,28,31,39H,1-3,11-12,16-17,19-22,38H2,(H,41,45)(H,42,44);(H,6,7)/t28-;/m0./s1. The van der Waals surface area contributed by atoms with Crippen LogP contribution in [0.3, 0.4) is 0 Å². The van der Waals surface area contributed by atoms with Crippen molar-refractivity contribution in [3.05, 3.63) is 100 Å². The lowest BCUT2D eigenvalue weighted by Crippen LogP contribution is -2.36. The minimum absolute atomic E-state index is 0.0667. The van der Waals surface area contributed by atoms with Crippen LogP contribution in [0.5, 0.6) is 11.5 Å². The van der Waals surface area contributed by atoms with Crippen LogP contribution >= 0.6 is 11.3 Å². The van der Waals surface area contributed by atoms with Crippen LogP contribution in [-0.4, -0.2) is 83.2 Å². The summed E-state index contributed by atoms with van der Waals surface area (Å²) in [4.78, 5) is 53.0. The Morgan fingerprint density at radius 2 is 1.75 bits per heavy atom. The zero-order valence-electron chi connectivity index (χ0n) is 30.3. The Morgan fingerprint density at radius 1 is 1.04 bits per heavy atom. The molecule has 3 amide bonds. The van der Waals surface area contributed by atoms with Gasteiger partial charge in [-0.15, -0.1) is 11.3 Å². The number of thiazole rings is 1. The van der Waals surface area contributed by atoms with Crippen molar-refractivity contribution >= 4 is 46.4 Å². The molecule has 298 valence electrons. The van der Waals surface area contributed by atoms with Gasteiger partial charge in [0.25, 0.3) is 17.7 Å². The molecule has 2 aliphatic rings. The van der Waals surface area contributed by atoms with Crippen molar-refractivity contribution in [1.82, 2.24) is 15.2 Å². The third kappa shape index (κ3) is 13.1. The fourth-order valence-electron chi connectivity index (χ4n) is 5.61. The van der Waals surface area contributed by atoms with E-state index in [2.05, 4.69) is 20.9 Å². The number of hydrogen-bond donors (Lipinski definition) is 5. The topological polar surface area (TPSA) is 185 Å². The highest BCUT2D eigenvalue weighted by Gasteiger charge is 2.38. The van der Waals surface area contributed by atoms with Crippen LogP contribution in [-0.2, 0) is 22.6 Å². The van der Waals surface area contributed by atoms with E-state index in [9.17, 15) is 27.6 Å². The Kier molecular flexibility index (Phi) is 14.8. The number of ether oxygens (including phenoxy) is 2. The lowest BCUT2D eigenvalue weighted by atomic mass is 10.1. The molecule has 2 heterocycles. The molecule has 0 radical (unpaired) electrons. The van der Waals surface area contributed by atoms with Gasteiger partial charge in [0.05, 0.1) is 23.5 Å². The first kappa shape index (κ1) is 41.6. The average Bonchev–Trinajstić information content (AvgIpc) is 3.89. The van der Waals surface area contributed by atoms with Gasteiger partial charge in [-0.1, -0.05) is 12.1 Å². The number of carbonyl (C=O) groups excluding carboxylic acids is 3. The van der Waals surface area contributed by atoms with E-state index in [0.29, 0.717) is 41.4 Å². The van der Waals surface area contributed by atoms with Crippen LogP contribution in [0.1, 0.15) is 64.1 Å². The molecule has 1 atom stereocenters. The number of halogens is 3. The molecule has 0 spiro atoms. The molecule has 4 aromatic rings. The molecular formula is C39H43F3N6O7S. The highest BCUT2D eigenvalue weighted by molar-refractivity contribution is 7.07. The molecule has 0 unspecified atom stereocenters. The summed E-state index contributed by atoms with van der Waals surface area (Å²) in [5.74, 6) is -2.02. The summed E-state index contributed by atoms with van der Waals surface area (Å²) in [5.41, 5.74) is 12.3. The summed E-state index contributed by atoms with van der Waals surface area (Å²) in [6, 6.07) is 20.1. The van der Waals surface area contributed by atoms with Gasteiger partial charge in [-0.25, -0.2) is 9.78 Å². The summed E-state index contributed by atoms with van der Waals surface area (Å²) in [5, 5.41) is 18.3. The van der Waals surface area contributed by atoms with Crippen molar-refractivity contribution in [2.75, 3.05) is 36.9 Å². The zero-order valence-corrected chi connectivity index (χ0v) is 31.2. The summed E-state index contributed by atoms with van der Waals surface area (Å²) >= 11 is 1.59.